The van der Waals surface area contributed by atoms with E-state index in [4.69, 9.17) is 0 Å². The van der Waals surface area contributed by atoms with Gasteiger partial charge in [-0.3, -0.25) is 9.36 Å². The molecule has 0 amide bonds. The van der Waals surface area contributed by atoms with Crippen LogP contribution in [0.3, 0.4) is 0 Å². The Bertz CT molecular complexity index is 423. The van der Waals surface area contributed by atoms with Crippen molar-refractivity contribution >= 4 is 17.3 Å². The molecule has 0 aliphatic carbocycles. The zero-order valence-corrected chi connectivity index (χ0v) is 9.56. The van der Waals surface area contributed by atoms with E-state index in [1.807, 2.05) is 0 Å². The first-order valence-corrected chi connectivity index (χ1v) is 5.30. The summed E-state index contributed by atoms with van der Waals surface area (Å²) in [5.74, 6) is -1.03. The highest BCUT2D eigenvalue weighted by Gasteiger charge is 2.25. The summed E-state index contributed by atoms with van der Waals surface area (Å²) in [4.78, 5) is 22.7. The van der Waals surface area contributed by atoms with Crippen molar-refractivity contribution in [3.63, 3.8) is 0 Å². The Kier molecular flexibility index (Phi) is 3.62. The lowest BCUT2D eigenvalue weighted by molar-refractivity contribution is -0.153. The monoisotopic (exact) mass is 233 g/mol. The second-order valence-corrected chi connectivity index (χ2v) is 4.13. The van der Waals surface area contributed by atoms with Crippen molar-refractivity contribution in [2.75, 3.05) is 6.61 Å². The quantitative estimate of drug-likeness (QED) is 0.744. The van der Waals surface area contributed by atoms with Crippen molar-refractivity contribution < 1.29 is 13.9 Å². The van der Waals surface area contributed by atoms with Crippen LogP contribution >= 0.6 is 11.3 Å². The average molecular weight is 233 g/mol. The first-order chi connectivity index (χ1) is 6.99. The van der Waals surface area contributed by atoms with E-state index in [9.17, 15) is 14.0 Å². The maximum absolute atomic E-state index is 13.5. The van der Waals surface area contributed by atoms with E-state index in [0.717, 1.165) is 15.9 Å². The van der Waals surface area contributed by atoms with Crippen LogP contribution in [-0.4, -0.2) is 17.1 Å². The molecule has 4 nitrogen and oxygen atoms in total. The van der Waals surface area contributed by atoms with Crippen LogP contribution in [0.2, 0.25) is 0 Å². The highest BCUT2D eigenvalue weighted by Crippen LogP contribution is 2.17. The fraction of sp³-hybridized carbons (Fsp3) is 0.556. The van der Waals surface area contributed by atoms with Crippen molar-refractivity contribution in [2.45, 2.75) is 27.1 Å². The topological polar surface area (TPSA) is 48.3 Å². The summed E-state index contributed by atoms with van der Waals surface area (Å²) >= 11 is 0.919. The number of ether oxygens (including phenoxy) is 1. The number of alkyl halides is 1. The van der Waals surface area contributed by atoms with E-state index in [0.29, 0.717) is 10.6 Å². The van der Waals surface area contributed by atoms with Gasteiger partial charge in [-0.05, 0) is 20.8 Å². The van der Waals surface area contributed by atoms with E-state index in [2.05, 4.69) is 4.74 Å². The summed E-state index contributed by atoms with van der Waals surface area (Å²) in [6.07, 6.45) is -2.04. The molecule has 0 bridgehead atoms. The second kappa shape index (κ2) is 4.57. The summed E-state index contributed by atoms with van der Waals surface area (Å²) in [5.41, 5.74) is 0.463. The maximum atomic E-state index is 13.5. The summed E-state index contributed by atoms with van der Waals surface area (Å²) in [7, 11) is 0. The van der Waals surface area contributed by atoms with Gasteiger partial charge >= 0.3 is 10.8 Å². The zero-order chi connectivity index (χ0) is 11.6. The number of hydrogen-bond acceptors (Lipinski definition) is 4. The lowest BCUT2D eigenvalue weighted by atomic mass is 10.4. The van der Waals surface area contributed by atoms with Gasteiger partial charge in [-0.15, -0.1) is 0 Å². The van der Waals surface area contributed by atoms with Gasteiger partial charge < -0.3 is 4.74 Å². The van der Waals surface area contributed by atoms with Crippen molar-refractivity contribution in [2.24, 2.45) is 0 Å². The van der Waals surface area contributed by atoms with Gasteiger partial charge in [-0.25, -0.2) is 9.18 Å². The van der Waals surface area contributed by atoms with E-state index in [-0.39, 0.29) is 6.61 Å². The number of carbonyl (C=O) groups is 1. The van der Waals surface area contributed by atoms with Crippen LogP contribution in [0.15, 0.2) is 4.79 Å². The molecule has 84 valence electrons. The number of thiazole rings is 1. The SMILES string of the molecule is CCOC(=O)C(F)n1c(C)c(C)sc1=O. The Labute approximate surface area is 90.3 Å². The molecule has 0 aromatic carbocycles. The second-order valence-electron chi connectivity index (χ2n) is 2.97. The third kappa shape index (κ3) is 2.26. The van der Waals surface area contributed by atoms with Crippen LogP contribution < -0.4 is 4.87 Å². The van der Waals surface area contributed by atoms with E-state index in [1.165, 1.54) is 0 Å². The van der Waals surface area contributed by atoms with Crippen molar-refractivity contribution in [3.05, 3.63) is 20.2 Å². The molecule has 15 heavy (non-hydrogen) atoms. The van der Waals surface area contributed by atoms with Gasteiger partial charge in [0.1, 0.15) is 0 Å². The highest BCUT2D eigenvalue weighted by molar-refractivity contribution is 7.09. The Balaban J connectivity index is 3.06. The fourth-order valence-electron chi connectivity index (χ4n) is 1.14. The lowest BCUT2D eigenvalue weighted by Crippen LogP contribution is -2.26. The molecule has 0 radical (unpaired) electrons. The van der Waals surface area contributed by atoms with E-state index in [1.54, 1.807) is 20.8 Å². The minimum absolute atomic E-state index is 0.0934. The van der Waals surface area contributed by atoms with Gasteiger partial charge in [-0.1, -0.05) is 11.3 Å². The standard InChI is InChI=1S/C9H12FNO3S/c1-4-14-8(12)7(10)11-5(2)6(3)15-9(11)13/h7H,4H2,1-3H3. The first-order valence-electron chi connectivity index (χ1n) is 4.48. The number of halogens is 1. The molecule has 0 aliphatic heterocycles. The minimum Gasteiger partial charge on any atom is -0.462 e. The molecule has 1 rings (SSSR count). The van der Waals surface area contributed by atoms with E-state index < -0.39 is 17.1 Å². The van der Waals surface area contributed by atoms with Crippen LogP contribution in [0.5, 0.6) is 0 Å². The van der Waals surface area contributed by atoms with Gasteiger partial charge in [0.05, 0.1) is 6.61 Å². The van der Waals surface area contributed by atoms with Crippen LogP contribution in [0, 0.1) is 13.8 Å². The van der Waals surface area contributed by atoms with Gasteiger partial charge in [0.15, 0.2) is 0 Å². The molecule has 1 atom stereocenters. The molecular formula is C9H12FNO3S. The number of hydrogen-bond donors (Lipinski definition) is 0. The van der Waals surface area contributed by atoms with Crippen LogP contribution in [-0.2, 0) is 9.53 Å². The molecule has 0 aliphatic rings. The van der Waals surface area contributed by atoms with Gasteiger partial charge in [0.25, 0.3) is 6.30 Å². The molecule has 0 saturated heterocycles. The first kappa shape index (κ1) is 11.9. The maximum Gasteiger partial charge on any atom is 0.362 e. The molecule has 1 heterocycles. The summed E-state index contributed by atoms with van der Waals surface area (Å²) in [6, 6.07) is 0. The van der Waals surface area contributed by atoms with Gasteiger partial charge in [0.2, 0.25) is 0 Å². The molecule has 0 spiro atoms. The van der Waals surface area contributed by atoms with Crippen molar-refractivity contribution in [3.8, 4) is 0 Å². The predicted octanol–water partition coefficient (Wildman–Crippen LogP) is 1.56. The molecule has 0 N–H and O–H groups in total. The Hall–Kier alpha value is -1.17. The number of rotatable bonds is 3. The van der Waals surface area contributed by atoms with Crippen LogP contribution in [0.4, 0.5) is 4.39 Å². The number of aromatic nitrogens is 1. The molecule has 1 aromatic heterocycles. The molecule has 1 unspecified atom stereocenters. The highest BCUT2D eigenvalue weighted by atomic mass is 32.1. The smallest absolute Gasteiger partial charge is 0.362 e. The Morgan fingerprint density at radius 3 is 2.60 bits per heavy atom. The number of esters is 1. The van der Waals surface area contributed by atoms with Gasteiger partial charge in [-0.2, -0.15) is 0 Å². The predicted molar refractivity (Wildman–Crippen MR) is 54.8 cm³/mol. The Morgan fingerprint density at radius 1 is 1.60 bits per heavy atom. The summed E-state index contributed by atoms with van der Waals surface area (Å²) in [6.45, 7) is 4.98. The normalized spacial score (nSPS) is 12.5. The van der Waals surface area contributed by atoms with E-state index >= 15 is 0 Å². The lowest BCUT2D eigenvalue weighted by Gasteiger charge is -2.09. The number of nitrogens with zero attached hydrogens (tertiary/aromatic N) is 1. The zero-order valence-electron chi connectivity index (χ0n) is 8.74. The fourth-order valence-corrected chi connectivity index (χ4v) is 1.98. The Morgan fingerprint density at radius 2 is 2.20 bits per heavy atom. The molecule has 1 aromatic rings. The van der Waals surface area contributed by atoms with Crippen LogP contribution in [0.25, 0.3) is 0 Å². The molecule has 6 heteroatoms. The largest absolute Gasteiger partial charge is 0.462 e. The molecule has 0 fully saturated rings. The van der Waals surface area contributed by atoms with Crippen molar-refractivity contribution in [1.29, 1.82) is 0 Å². The summed E-state index contributed by atoms with van der Waals surface area (Å²) in [5, 5.41) is 0. The minimum atomic E-state index is -2.04. The number of carbonyl (C=O) groups excluding carboxylic acids is 1. The third-order valence-corrected chi connectivity index (χ3v) is 2.99. The molecule has 0 saturated carbocycles. The van der Waals surface area contributed by atoms with Crippen LogP contribution in [0.1, 0.15) is 23.8 Å². The third-order valence-electron chi connectivity index (χ3n) is 2.02. The average Bonchev–Trinajstić information content (AvgIpc) is 2.41. The summed E-state index contributed by atoms with van der Waals surface area (Å²) < 4.78 is 18.9. The van der Waals surface area contributed by atoms with Gasteiger partial charge in [0, 0.05) is 10.6 Å². The molecular weight excluding hydrogens is 221 g/mol. The number of aryl methyl sites for hydroxylation is 1. The van der Waals surface area contributed by atoms with Crippen molar-refractivity contribution in [1.82, 2.24) is 4.57 Å².